The van der Waals surface area contributed by atoms with E-state index in [1.54, 1.807) is 0 Å². The zero-order valence-corrected chi connectivity index (χ0v) is 15.8. The van der Waals surface area contributed by atoms with Gasteiger partial charge in [0, 0.05) is 30.6 Å². The van der Waals surface area contributed by atoms with E-state index in [-0.39, 0.29) is 0 Å². The fourth-order valence-corrected chi connectivity index (χ4v) is 4.07. The molecule has 1 aliphatic rings. The average molecular weight is 390 g/mol. The Morgan fingerprint density at radius 2 is 2.10 bits per heavy atom. The third kappa shape index (κ3) is 2.67. The highest BCUT2D eigenvalue weighted by Crippen LogP contribution is 2.41. The fraction of sp³-hybridized carbons (Fsp3) is 0.238. The molecule has 0 unspecified atom stereocenters. The van der Waals surface area contributed by atoms with E-state index in [0.29, 0.717) is 22.5 Å². The highest BCUT2D eigenvalue weighted by atomic mass is 16.6. The first-order valence-corrected chi connectivity index (χ1v) is 9.44. The van der Waals surface area contributed by atoms with Crippen molar-refractivity contribution in [2.45, 2.75) is 25.7 Å². The minimum absolute atomic E-state index is 0.299. The van der Waals surface area contributed by atoms with Crippen molar-refractivity contribution in [3.63, 3.8) is 0 Å². The summed E-state index contributed by atoms with van der Waals surface area (Å²) in [6.45, 7) is 0. The summed E-state index contributed by atoms with van der Waals surface area (Å²) in [6, 6.07) is 8.96. The fourth-order valence-electron chi connectivity index (χ4n) is 4.07. The van der Waals surface area contributed by atoms with Crippen molar-refractivity contribution in [1.82, 2.24) is 9.55 Å². The molecule has 29 heavy (non-hydrogen) atoms. The molecule has 2 heterocycles. The lowest BCUT2D eigenvalue weighted by molar-refractivity contribution is -0.385. The van der Waals surface area contributed by atoms with Crippen molar-refractivity contribution in [1.29, 1.82) is 0 Å². The first-order valence-electron chi connectivity index (χ1n) is 9.44. The molecule has 0 amide bonds. The van der Waals surface area contributed by atoms with Crippen LogP contribution in [0.5, 0.6) is 5.75 Å². The largest absolute Gasteiger partial charge is 0.502 e. The molecule has 0 radical (unpaired) electrons. The van der Waals surface area contributed by atoms with Gasteiger partial charge in [-0.2, -0.15) is 0 Å². The predicted molar refractivity (Wildman–Crippen MR) is 109 cm³/mol. The van der Waals surface area contributed by atoms with Gasteiger partial charge in [0.1, 0.15) is 11.3 Å². The van der Waals surface area contributed by atoms with Crippen LogP contribution >= 0.6 is 0 Å². The summed E-state index contributed by atoms with van der Waals surface area (Å²) >= 11 is 0. The number of aliphatic imine (C=N–C) groups is 1. The van der Waals surface area contributed by atoms with Gasteiger partial charge in [-0.1, -0.05) is 12.1 Å². The summed E-state index contributed by atoms with van der Waals surface area (Å²) in [7, 11) is 1.85. The Kier molecular flexibility index (Phi) is 3.87. The quantitative estimate of drug-likeness (QED) is 0.313. The van der Waals surface area contributed by atoms with Crippen LogP contribution in [0.15, 0.2) is 39.7 Å². The number of para-hydroxylation sites is 2. The molecular formula is C21H18N4O4. The molecule has 1 aliphatic carbocycles. The molecule has 1 N–H and O–H groups in total. The molecule has 8 heteroatoms. The van der Waals surface area contributed by atoms with Crippen LogP contribution in [0.3, 0.4) is 0 Å². The number of fused-ring (bicyclic) bond motifs is 4. The highest BCUT2D eigenvalue weighted by Gasteiger charge is 2.27. The highest BCUT2D eigenvalue weighted by molar-refractivity contribution is 6.05. The molecule has 0 aliphatic heterocycles. The Hall–Kier alpha value is -3.68. The molecule has 146 valence electrons. The van der Waals surface area contributed by atoms with E-state index in [0.717, 1.165) is 48.0 Å². The number of phenols is 1. The number of phenolic OH excluding ortho intramolecular Hbond substituents is 1. The maximum Gasteiger partial charge on any atom is 0.315 e. The van der Waals surface area contributed by atoms with Gasteiger partial charge in [0.05, 0.1) is 27.6 Å². The second-order valence-corrected chi connectivity index (χ2v) is 7.22. The van der Waals surface area contributed by atoms with E-state index in [9.17, 15) is 15.2 Å². The molecule has 4 aromatic rings. The Morgan fingerprint density at radius 1 is 1.31 bits per heavy atom. The van der Waals surface area contributed by atoms with Crippen molar-refractivity contribution in [2.75, 3.05) is 0 Å². The second kappa shape index (κ2) is 6.44. The van der Waals surface area contributed by atoms with E-state index < -0.39 is 16.4 Å². The van der Waals surface area contributed by atoms with Gasteiger partial charge >= 0.3 is 5.69 Å². The number of aryl methyl sites for hydroxylation is 3. The Bertz CT molecular complexity index is 1320. The van der Waals surface area contributed by atoms with Crippen molar-refractivity contribution < 1.29 is 14.4 Å². The van der Waals surface area contributed by atoms with Crippen molar-refractivity contribution in [3.8, 4) is 5.75 Å². The zero-order valence-electron chi connectivity index (χ0n) is 15.8. The third-order valence-corrected chi connectivity index (χ3v) is 5.50. The van der Waals surface area contributed by atoms with Crippen molar-refractivity contribution in [3.05, 3.63) is 57.3 Å². The van der Waals surface area contributed by atoms with Crippen LogP contribution in [0.25, 0.3) is 22.0 Å². The number of aromatic hydroxyl groups is 1. The summed E-state index contributed by atoms with van der Waals surface area (Å²) in [5.74, 6) is 0.880. The lowest BCUT2D eigenvalue weighted by Crippen LogP contribution is -2.00. The van der Waals surface area contributed by atoms with E-state index in [1.165, 1.54) is 12.3 Å². The number of rotatable bonds is 3. The van der Waals surface area contributed by atoms with Gasteiger partial charge in [0.25, 0.3) is 0 Å². The molecule has 0 bridgehead atoms. The second-order valence-electron chi connectivity index (χ2n) is 7.22. The minimum atomic E-state index is -0.608. The van der Waals surface area contributed by atoms with Gasteiger partial charge in [-0.15, -0.1) is 0 Å². The SMILES string of the molecule is Cn1c(N=Cc2c(O)c([N+](=O)[O-])cc3oc4c(c23)CCCC4)nc2ccccc21. The van der Waals surface area contributed by atoms with Crippen LogP contribution in [0.1, 0.15) is 29.7 Å². The number of nitro groups is 1. The molecule has 2 aromatic heterocycles. The maximum absolute atomic E-state index is 11.4. The van der Waals surface area contributed by atoms with E-state index in [2.05, 4.69) is 9.98 Å². The summed E-state index contributed by atoms with van der Waals surface area (Å²) in [5, 5.41) is 22.8. The van der Waals surface area contributed by atoms with Crippen LogP contribution in [0.2, 0.25) is 0 Å². The smallest absolute Gasteiger partial charge is 0.315 e. The van der Waals surface area contributed by atoms with Gasteiger partial charge in [0.15, 0.2) is 0 Å². The number of hydrogen-bond donors (Lipinski definition) is 1. The summed E-state index contributed by atoms with van der Waals surface area (Å²) in [5.41, 5.74) is 3.05. The Labute approximate surface area is 165 Å². The summed E-state index contributed by atoms with van der Waals surface area (Å²) in [4.78, 5) is 19.8. The topological polar surface area (TPSA) is 107 Å². The van der Waals surface area contributed by atoms with Gasteiger partial charge in [-0.25, -0.2) is 9.98 Å². The van der Waals surface area contributed by atoms with Crippen LogP contribution in [-0.2, 0) is 19.9 Å². The first kappa shape index (κ1) is 17.4. The standard InChI is InChI=1S/C21H18N4O4/c1-24-15-8-4-3-7-14(15)23-21(24)22-11-13-19-12-6-2-5-9-17(12)29-18(19)10-16(20(13)26)25(27)28/h3-4,7-8,10-11,26H,2,5-6,9H2,1H3. The molecular weight excluding hydrogens is 372 g/mol. The molecule has 0 saturated heterocycles. The lowest BCUT2D eigenvalue weighted by atomic mass is 9.93. The summed E-state index contributed by atoms with van der Waals surface area (Å²) in [6.07, 6.45) is 5.09. The van der Waals surface area contributed by atoms with Crippen LogP contribution in [0.4, 0.5) is 11.6 Å². The van der Waals surface area contributed by atoms with E-state index in [4.69, 9.17) is 4.42 Å². The number of hydrogen-bond acceptors (Lipinski definition) is 6. The van der Waals surface area contributed by atoms with Crippen LogP contribution in [-0.4, -0.2) is 25.8 Å². The van der Waals surface area contributed by atoms with Gasteiger partial charge in [-0.05, 0) is 31.4 Å². The monoisotopic (exact) mass is 390 g/mol. The zero-order chi connectivity index (χ0) is 20.1. The number of aromatic nitrogens is 2. The van der Waals surface area contributed by atoms with Gasteiger partial charge in [0.2, 0.25) is 11.7 Å². The average Bonchev–Trinajstić information content (AvgIpc) is 3.25. The number of imidazole rings is 1. The Morgan fingerprint density at radius 3 is 2.90 bits per heavy atom. The van der Waals surface area contributed by atoms with Crippen LogP contribution < -0.4 is 0 Å². The number of furan rings is 1. The maximum atomic E-state index is 11.4. The summed E-state index contributed by atoms with van der Waals surface area (Å²) < 4.78 is 7.74. The van der Waals surface area contributed by atoms with E-state index in [1.807, 2.05) is 35.9 Å². The molecule has 0 fully saturated rings. The van der Waals surface area contributed by atoms with Crippen molar-refractivity contribution in [2.24, 2.45) is 12.0 Å². The van der Waals surface area contributed by atoms with Gasteiger partial charge in [-0.3, -0.25) is 10.1 Å². The van der Waals surface area contributed by atoms with Crippen LogP contribution in [0, 0.1) is 10.1 Å². The molecule has 5 rings (SSSR count). The first-order chi connectivity index (χ1) is 14.0. The molecule has 0 spiro atoms. The number of nitrogens with zero attached hydrogens (tertiary/aromatic N) is 4. The number of nitro benzene ring substituents is 1. The Balaban J connectivity index is 1.73. The molecule has 0 atom stereocenters. The van der Waals surface area contributed by atoms with Gasteiger partial charge < -0.3 is 14.1 Å². The predicted octanol–water partition coefficient (Wildman–Crippen LogP) is 4.56. The molecule has 0 saturated carbocycles. The van der Waals surface area contributed by atoms with Crippen molar-refractivity contribution >= 4 is 39.9 Å². The minimum Gasteiger partial charge on any atom is -0.502 e. The number of benzene rings is 2. The lowest BCUT2D eigenvalue weighted by Gasteiger charge is -2.10. The normalized spacial score (nSPS) is 14.1. The van der Waals surface area contributed by atoms with E-state index >= 15 is 0 Å². The third-order valence-electron chi connectivity index (χ3n) is 5.50. The molecule has 2 aromatic carbocycles. The molecule has 8 nitrogen and oxygen atoms in total.